The minimum atomic E-state index is 0.655. The first-order valence-corrected chi connectivity index (χ1v) is 5.57. The van der Waals surface area contributed by atoms with Crippen LogP contribution in [-0.2, 0) is 0 Å². The third-order valence-electron chi connectivity index (χ3n) is 3.34. The van der Waals surface area contributed by atoms with Crippen molar-refractivity contribution in [2.24, 2.45) is 5.41 Å². The fraction of sp³-hybridized carbons (Fsp3) is 0.833. The molecular weight excluding hydrogens is 158 g/mol. The Hall–Kier alpha value is -0.300. The highest BCUT2D eigenvalue weighted by atomic mass is 14.9. The second-order valence-electron chi connectivity index (χ2n) is 4.50. The first kappa shape index (κ1) is 10.8. The Morgan fingerprint density at radius 2 is 2.23 bits per heavy atom. The van der Waals surface area contributed by atoms with Crippen LogP contribution < -0.4 is 5.32 Å². The lowest BCUT2D eigenvalue weighted by Gasteiger charge is -2.18. The third kappa shape index (κ3) is 3.51. The van der Waals surface area contributed by atoms with Gasteiger partial charge in [0.15, 0.2) is 0 Å². The van der Waals surface area contributed by atoms with Gasteiger partial charge in [-0.25, -0.2) is 0 Å². The van der Waals surface area contributed by atoms with Crippen LogP contribution in [0, 0.1) is 5.41 Å². The highest BCUT2D eigenvalue weighted by Gasteiger charge is 2.40. The lowest BCUT2D eigenvalue weighted by Crippen LogP contribution is -2.31. The van der Waals surface area contributed by atoms with E-state index in [2.05, 4.69) is 25.7 Å². The van der Waals surface area contributed by atoms with Crippen LogP contribution in [0.3, 0.4) is 0 Å². The molecule has 1 unspecified atom stereocenters. The number of hydrogen-bond acceptors (Lipinski definition) is 1. The number of hydrogen-bond donors (Lipinski definition) is 1. The Morgan fingerprint density at radius 1 is 1.54 bits per heavy atom. The maximum absolute atomic E-state index is 3.74. The molecule has 0 heterocycles. The van der Waals surface area contributed by atoms with Crippen molar-refractivity contribution in [2.75, 3.05) is 6.54 Å². The van der Waals surface area contributed by atoms with Gasteiger partial charge in [-0.05, 0) is 44.4 Å². The van der Waals surface area contributed by atoms with Crippen LogP contribution >= 0.6 is 0 Å². The molecule has 0 spiro atoms. The van der Waals surface area contributed by atoms with Gasteiger partial charge >= 0.3 is 0 Å². The van der Waals surface area contributed by atoms with Gasteiger partial charge in [0.25, 0.3) is 0 Å². The second-order valence-corrected chi connectivity index (χ2v) is 4.50. The van der Waals surface area contributed by atoms with E-state index in [9.17, 15) is 0 Å². The molecule has 0 aromatic rings. The van der Waals surface area contributed by atoms with Gasteiger partial charge in [-0.1, -0.05) is 13.0 Å². The van der Waals surface area contributed by atoms with Gasteiger partial charge in [0.05, 0.1) is 0 Å². The highest BCUT2D eigenvalue weighted by Crippen LogP contribution is 2.47. The van der Waals surface area contributed by atoms with E-state index in [4.69, 9.17) is 0 Å². The number of nitrogens with one attached hydrogen (secondary N) is 1. The summed E-state index contributed by atoms with van der Waals surface area (Å²) in [6.45, 7) is 9.55. The lowest BCUT2D eigenvalue weighted by atomic mass is 10.0. The summed E-state index contributed by atoms with van der Waals surface area (Å²) < 4.78 is 0. The highest BCUT2D eigenvalue weighted by molar-refractivity contribution is 4.94. The fourth-order valence-electron chi connectivity index (χ4n) is 1.69. The van der Waals surface area contributed by atoms with Crippen molar-refractivity contribution in [3.63, 3.8) is 0 Å². The van der Waals surface area contributed by atoms with E-state index in [0.29, 0.717) is 11.5 Å². The monoisotopic (exact) mass is 181 g/mol. The molecule has 1 N–H and O–H groups in total. The molecule has 0 aliphatic heterocycles. The Balaban J connectivity index is 2.07. The largest absolute Gasteiger partial charge is 0.314 e. The Kier molecular flexibility index (Phi) is 3.98. The molecule has 1 atom stereocenters. The van der Waals surface area contributed by atoms with Crippen LogP contribution in [-0.4, -0.2) is 12.6 Å². The molecule has 76 valence electrons. The van der Waals surface area contributed by atoms with E-state index in [1.54, 1.807) is 0 Å². The number of rotatable bonds is 7. The molecule has 1 saturated carbocycles. The van der Waals surface area contributed by atoms with E-state index in [0.717, 1.165) is 6.42 Å². The molecule has 0 radical (unpaired) electrons. The minimum absolute atomic E-state index is 0.655. The van der Waals surface area contributed by atoms with Crippen molar-refractivity contribution < 1.29 is 0 Å². The summed E-state index contributed by atoms with van der Waals surface area (Å²) in [6, 6.07) is 0.655. The fourth-order valence-corrected chi connectivity index (χ4v) is 1.69. The van der Waals surface area contributed by atoms with E-state index in [-0.39, 0.29) is 0 Å². The molecule has 1 aliphatic rings. The molecule has 0 aromatic heterocycles. The van der Waals surface area contributed by atoms with Crippen LogP contribution in [0.2, 0.25) is 0 Å². The van der Waals surface area contributed by atoms with Gasteiger partial charge in [-0.2, -0.15) is 0 Å². The van der Waals surface area contributed by atoms with Gasteiger partial charge in [-0.15, -0.1) is 6.58 Å². The van der Waals surface area contributed by atoms with E-state index >= 15 is 0 Å². The zero-order chi connectivity index (χ0) is 9.73. The molecule has 0 bridgehead atoms. The van der Waals surface area contributed by atoms with Crippen LogP contribution in [0.15, 0.2) is 12.7 Å². The van der Waals surface area contributed by atoms with Crippen LogP contribution in [0.4, 0.5) is 0 Å². The quantitative estimate of drug-likeness (QED) is 0.595. The average molecular weight is 181 g/mol. The maximum atomic E-state index is 3.74. The Labute approximate surface area is 82.6 Å². The van der Waals surface area contributed by atoms with Gasteiger partial charge in [0.1, 0.15) is 0 Å². The third-order valence-corrected chi connectivity index (χ3v) is 3.34. The summed E-state index contributed by atoms with van der Waals surface area (Å²) in [4.78, 5) is 0. The van der Waals surface area contributed by atoms with Gasteiger partial charge < -0.3 is 5.32 Å². The van der Waals surface area contributed by atoms with Crippen molar-refractivity contribution in [1.29, 1.82) is 0 Å². The zero-order valence-corrected chi connectivity index (χ0v) is 9.10. The van der Waals surface area contributed by atoms with Crippen molar-refractivity contribution >= 4 is 0 Å². The molecule has 0 amide bonds. The topological polar surface area (TPSA) is 12.0 Å². The SMILES string of the molecule is C=CCCC(C)NCC1(CC)CC1. The van der Waals surface area contributed by atoms with Gasteiger partial charge in [0, 0.05) is 12.6 Å². The summed E-state index contributed by atoms with van der Waals surface area (Å²) in [5.41, 5.74) is 0.683. The molecule has 1 heteroatoms. The maximum Gasteiger partial charge on any atom is 0.00419 e. The molecule has 1 rings (SSSR count). The molecule has 13 heavy (non-hydrogen) atoms. The van der Waals surface area contributed by atoms with E-state index in [1.807, 2.05) is 6.08 Å². The average Bonchev–Trinajstić information content (AvgIpc) is 2.92. The summed E-state index contributed by atoms with van der Waals surface area (Å²) >= 11 is 0. The number of allylic oxidation sites excluding steroid dienone is 1. The Bertz CT molecular complexity index is 159. The Morgan fingerprint density at radius 3 is 2.69 bits per heavy atom. The first-order chi connectivity index (χ1) is 6.22. The van der Waals surface area contributed by atoms with Crippen molar-refractivity contribution in [3.8, 4) is 0 Å². The van der Waals surface area contributed by atoms with E-state index < -0.39 is 0 Å². The first-order valence-electron chi connectivity index (χ1n) is 5.57. The standard InChI is InChI=1S/C12H23N/c1-4-6-7-11(3)13-10-12(5-2)8-9-12/h4,11,13H,1,5-10H2,2-3H3. The van der Waals surface area contributed by atoms with Crippen LogP contribution in [0.5, 0.6) is 0 Å². The van der Waals surface area contributed by atoms with Gasteiger partial charge in [0.2, 0.25) is 0 Å². The summed E-state index contributed by atoms with van der Waals surface area (Å²) in [6.07, 6.45) is 8.57. The lowest BCUT2D eigenvalue weighted by molar-refractivity contribution is 0.401. The molecule has 1 fully saturated rings. The van der Waals surface area contributed by atoms with Crippen molar-refractivity contribution in [1.82, 2.24) is 5.32 Å². The molecule has 0 aromatic carbocycles. The van der Waals surface area contributed by atoms with Gasteiger partial charge in [-0.3, -0.25) is 0 Å². The summed E-state index contributed by atoms with van der Waals surface area (Å²) in [5.74, 6) is 0. The van der Waals surface area contributed by atoms with Crippen LogP contribution in [0.25, 0.3) is 0 Å². The smallest absolute Gasteiger partial charge is 0.00419 e. The normalized spacial score (nSPS) is 21.1. The summed E-state index contributed by atoms with van der Waals surface area (Å²) in [7, 11) is 0. The predicted molar refractivity (Wildman–Crippen MR) is 58.9 cm³/mol. The molecular formula is C12H23N. The summed E-state index contributed by atoms with van der Waals surface area (Å²) in [5, 5.41) is 3.62. The van der Waals surface area contributed by atoms with Crippen LogP contribution in [0.1, 0.15) is 46.0 Å². The molecule has 1 nitrogen and oxygen atoms in total. The second kappa shape index (κ2) is 4.80. The van der Waals surface area contributed by atoms with Crippen molar-refractivity contribution in [3.05, 3.63) is 12.7 Å². The predicted octanol–water partition coefficient (Wildman–Crippen LogP) is 3.12. The zero-order valence-electron chi connectivity index (χ0n) is 9.10. The molecule has 1 aliphatic carbocycles. The van der Waals surface area contributed by atoms with E-state index in [1.165, 1.54) is 32.2 Å². The van der Waals surface area contributed by atoms with Crippen molar-refractivity contribution in [2.45, 2.75) is 52.0 Å². The molecule has 0 saturated heterocycles. The minimum Gasteiger partial charge on any atom is -0.314 e.